The monoisotopic (exact) mass is 335 g/mol. The predicted molar refractivity (Wildman–Crippen MR) is 89.7 cm³/mol. The second-order valence-electron chi connectivity index (χ2n) is 5.90. The van der Waals surface area contributed by atoms with E-state index in [1.54, 1.807) is 11.7 Å². The highest BCUT2D eigenvalue weighted by Gasteiger charge is 2.19. The lowest BCUT2D eigenvalue weighted by Crippen LogP contribution is -2.20. The van der Waals surface area contributed by atoms with Crippen LogP contribution in [0.15, 0.2) is 36.5 Å². The highest BCUT2D eigenvalue weighted by Crippen LogP contribution is 2.28. The maximum atomic E-state index is 11.4. The van der Waals surface area contributed by atoms with E-state index in [2.05, 4.69) is 18.9 Å². The Kier molecular flexibility index (Phi) is 6.19. The Morgan fingerprint density at radius 2 is 2.00 bits per heavy atom. The van der Waals surface area contributed by atoms with Crippen molar-refractivity contribution in [3.63, 3.8) is 0 Å². The maximum absolute atomic E-state index is 11.4. The number of hydroxylamine groups is 1. The molecule has 0 bridgehead atoms. The van der Waals surface area contributed by atoms with Crippen molar-refractivity contribution in [2.24, 2.45) is 0 Å². The quantitative estimate of drug-likeness (QED) is 0.598. The van der Waals surface area contributed by atoms with Gasteiger partial charge in [0.05, 0.1) is 0 Å². The molecule has 1 heterocycles. The minimum absolute atomic E-state index is 0.137. The topological polar surface area (TPSA) is 67.2 Å². The third-order valence-corrected chi connectivity index (χ3v) is 4.10. The van der Waals surface area contributed by atoms with Crippen molar-refractivity contribution in [2.45, 2.75) is 45.1 Å². The zero-order valence-electron chi connectivity index (χ0n) is 13.4. The highest BCUT2D eigenvalue weighted by molar-refractivity contribution is 6.30. The smallest absolute Gasteiger partial charge is 0.243 e. The molecule has 0 aliphatic rings. The van der Waals surface area contributed by atoms with E-state index in [4.69, 9.17) is 16.8 Å². The molecule has 124 valence electrons. The van der Waals surface area contributed by atoms with Crippen LogP contribution in [0.2, 0.25) is 5.02 Å². The van der Waals surface area contributed by atoms with Crippen LogP contribution in [0.4, 0.5) is 0 Å². The van der Waals surface area contributed by atoms with E-state index in [-0.39, 0.29) is 24.3 Å². The summed E-state index contributed by atoms with van der Waals surface area (Å²) < 4.78 is 1.98. The van der Waals surface area contributed by atoms with Crippen molar-refractivity contribution in [1.29, 1.82) is 0 Å². The number of hydrogen-bond donors (Lipinski definition) is 2. The molecule has 1 unspecified atom stereocenters. The number of nitrogens with one attached hydrogen (secondary N) is 1. The molecule has 6 heteroatoms. The van der Waals surface area contributed by atoms with Crippen LogP contribution in [0.3, 0.4) is 0 Å². The van der Waals surface area contributed by atoms with Gasteiger partial charge in [-0.1, -0.05) is 23.7 Å². The van der Waals surface area contributed by atoms with Gasteiger partial charge in [-0.3, -0.25) is 14.7 Å². The van der Waals surface area contributed by atoms with Gasteiger partial charge >= 0.3 is 0 Å². The molecule has 23 heavy (non-hydrogen) atoms. The molecular formula is C17H22ClN3O2. The van der Waals surface area contributed by atoms with Gasteiger partial charge in [0.1, 0.15) is 0 Å². The van der Waals surface area contributed by atoms with Crippen molar-refractivity contribution in [3.05, 3.63) is 52.8 Å². The van der Waals surface area contributed by atoms with Crippen LogP contribution < -0.4 is 5.48 Å². The lowest BCUT2D eigenvalue weighted by Gasteiger charge is -2.20. The summed E-state index contributed by atoms with van der Waals surface area (Å²) in [5.74, 6) is -0.236. The van der Waals surface area contributed by atoms with Crippen LogP contribution in [0.5, 0.6) is 0 Å². The van der Waals surface area contributed by atoms with Gasteiger partial charge in [0.2, 0.25) is 5.91 Å². The number of carbonyl (C=O) groups excluding carboxylic acids is 1. The summed E-state index contributed by atoms with van der Waals surface area (Å²) in [6, 6.07) is 9.98. The Hall–Kier alpha value is -1.85. The molecule has 0 radical (unpaired) electrons. The van der Waals surface area contributed by atoms with Crippen LogP contribution in [0.25, 0.3) is 0 Å². The van der Waals surface area contributed by atoms with E-state index in [0.29, 0.717) is 11.4 Å². The number of hydrogen-bond acceptors (Lipinski definition) is 3. The van der Waals surface area contributed by atoms with E-state index in [1.165, 1.54) is 0 Å². The molecule has 1 atom stereocenters. The molecule has 5 nitrogen and oxygen atoms in total. The maximum Gasteiger partial charge on any atom is 0.243 e. The lowest BCUT2D eigenvalue weighted by atomic mass is 9.91. The summed E-state index contributed by atoms with van der Waals surface area (Å²) in [6.45, 7) is 4.16. The normalized spacial score (nSPS) is 12.4. The number of rotatable bonds is 7. The second-order valence-corrected chi connectivity index (χ2v) is 6.33. The first kappa shape index (κ1) is 17.5. The van der Waals surface area contributed by atoms with Gasteiger partial charge in [-0.05, 0) is 50.5 Å². The van der Waals surface area contributed by atoms with Gasteiger partial charge in [-0.15, -0.1) is 0 Å². The first-order chi connectivity index (χ1) is 11.0. The first-order valence-electron chi connectivity index (χ1n) is 7.72. The van der Waals surface area contributed by atoms with Crippen LogP contribution >= 0.6 is 11.6 Å². The molecule has 2 N–H and O–H groups in total. The molecular weight excluding hydrogens is 314 g/mol. The molecule has 0 saturated heterocycles. The van der Waals surface area contributed by atoms with Gasteiger partial charge < -0.3 is 0 Å². The van der Waals surface area contributed by atoms with Gasteiger partial charge in [0.25, 0.3) is 0 Å². The molecule has 2 rings (SSSR count). The van der Waals surface area contributed by atoms with Crippen molar-refractivity contribution in [1.82, 2.24) is 15.3 Å². The van der Waals surface area contributed by atoms with Gasteiger partial charge in [-0.2, -0.15) is 5.10 Å². The second kappa shape index (κ2) is 8.13. The average Bonchev–Trinajstić information content (AvgIpc) is 3.02. The van der Waals surface area contributed by atoms with E-state index in [0.717, 1.165) is 17.7 Å². The largest absolute Gasteiger partial charge is 0.289 e. The number of benzene rings is 1. The number of carbonyl (C=O) groups is 1. The third kappa shape index (κ3) is 4.81. The van der Waals surface area contributed by atoms with Crippen LogP contribution in [-0.2, 0) is 11.2 Å². The Balaban J connectivity index is 2.21. The van der Waals surface area contributed by atoms with Crippen molar-refractivity contribution in [2.75, 3.05) is 0 Å². The molecule has 0 aliphatic carbocycles. The van der Waals surface area contributed by atoms with Gasteiger partial charge in [0.15, 0.2) is 0 Å². The SMILES string of the molecule is CC(C)n1nccc1C(CCC(=O)NO)Cc1ccc(Cl)cc1. The van der Waals surface area contributed by atoms with E-state index in [9.17, 15) is 4.79 Å². The molecule has 0 saturated carbocycles. The molecule has 0 spiro atoms. The molecule has 0 fully saturated rings. The standard InChI is InChI=1S/C17H22ClN3O2/c1-12(2)21-16(9-10-19-21)14(5-8-17(22)20-23)11-13-3-6-15(18)7-4-13/h3-4,6-7,9-10,12,14,23H,5,8,11H2,1-2H3,(H,20,22). The number of halogens is 1. The lowest BCUT2D eigenvalue weighted by molar-refractivity contribution is -0.129. The van der Waals surface area contributed by atoms with Crippen LogP contribution in [-0.4, -0.2) is 20.9 Å². The van der Waals surface area contributed by atoms with E-state index < -0.39 is 0 Å². The molecule has 1 aromatic carbocycles. The van der Waals surface area contributed by atoms with Crippen molar-refractivity contribution < 1.29 is 10.0 Å². The number of nitrogens with zero attached hydrogens (tertiary/aromatic N) is 2. The minimum atomic E-state index is -0.373. The van der Waals surface area contributed by atoms with Crippen molar-refractivity contribution >= 4 is 17.5 Å². The third-order valence-electron chi connectivity index (χ3n) is 3.85. The minimum Gasteiger partial charge on any atom is -0.289 e. The fraction of sp³-hybridized carbons (Fsp3) is 0.412. The summed E-state index contributed by atoms with van der Waals surface area (Å²) in [5, 5.41) is 13.8. The molecule has 0 aliphatic heterocycles. The molecule has 1 amide bonds. The summed E-state index contributed by atoms with van der Waals surface area (Å²) in [5.41, 5.74) is 3.95. The zero-order chi connectivity index (χ0) is 16.8. The fourth-order valence-corrected chi connectivity index (χ4v) is 2.83. The number of amides is 1. The Bertz CT molecular complexity index is 638. The zero-order valence-corrected chi connectivity index (χ0v) is 14.1. The Labute approximate surface area is 141 Å². The average molecular weight is 336 g/mol. The predicted octanol–water partition coefficient (Wildman–Crippen LogP) is 3.73. The fourth-order valence-electron chi connectivity index (χ4n) is 2.70. The highest BCUT2D eigenvalue weighted by atomic mass is 35.5. The first-order valence-corrected chi connectivity index (χ1v) is 8.10. The Morgan fingerprint density at radius 3 is 2.61 bits per heavy atom. The van der Waals surface area contributed by atoms with Crippen LogP contribution in [0.1, 0.15) is 49.9 Å². The van der Waals surface area contributed by atoms with Crippen molar-refractivity contribution in [3.8, 4) is 0 Å². The summed E-state index contributed by atoms with van der Waals surface area (Å²) in [7, 11) is 0. The van der Waals surface area contributed by atoms with Crippen LogP contribution in [0, 0.1) is 0 Å². The van der Waals surface area contributed by atoms with Gasteiger partial charge in [0, 0.05) is 35.3 Å². The summed E-state index contributed by atoms with van der Waals surface area (Å²) in [6.07, 6.45) is 3.47. The summed E-state index contributed by atoms with van der Waals surface area (Å²) in [4.78, 5) is 11.4. The molecule has 2 aromatic rings. The van der Waals surface area contributed by atoms with E-state index >= 15 is 0 Å². The number of aromatic nitrogens is 2. The van der Waals surface area contributed by atoms with Gasteiger partial charge in [-0.25, -0.2) is 5.48 Å². The molecule has 1 aromatic heterocycles. The summed E-state index contributed by atoms with van der Waals surface area (Å²) >= 11 is 5.94. The Morgan fingerprint density at radius 1 is 1.30 bits per heavy atom. The van der Waals surface area contributed by atoms with E-state index in [1.807, 2.05) is 35.0 Å².